The lowest BCUT2D eigenvalue weighted by molar-refractivity contribution is 0.0602. The van der Waals surface area contributed by atoms with E-state index in [-0.39, 0.29) is 4.84 Å². The van der Waals surface area contributed by atoms with Gasteiger partial charge in [-0.15, -0.1) is 0 Å². The van der Waals surface area contributed by atoms with Crippen molar-refractivity contribution < 1.29 is 18.8 Å². The Morgan fingerprint density at radius 3 is 2.49 bits per heavy atom. The van der Waals surface area contributed by atoms with Gasteiger partial charge in [0.2, 0.25) is 0 Å². The van der Waals surface area contributed by atoms with Crippen LogP contribution in [0.3, 0.4) is 0 Å². The zero-order chi connectivity index (χ0) is 24.4. The molecular weight excluding hydrogens is 464 g/mol. The van der Waals surface area contributed by atoms with Gasteiger partial charge in [0, 0.05) is 5.56 Å². The average molecular weight is 487 g/mol. The molecule has 0 saturated carbocycles. The molecular formula is C26H22N4O4S. The van der Waals surface area contributed by atoms with Crippen molar-refractivity contribution in [1.29, 1.82) is 0 Å². The summed E-state index contributed by atoms with van der Waals surface area (Å²) in [5.74, 6) is 0.162. The van der Waals surface area contributed by atoms with Crippen LogP contribution in [0.25, 0.3) is 33.5 Å². The Morgan fingerprint density at radius 1 is 1.03 bits per heavy atom. The van der Waals surface area contributed by atoms with E-state index in [1.54, 1.807) is 12.1 Å². The van der Waals surface area contributed by atoms with E-state index in [2.05, 4.69) is 15.1 Å². The lowest BCUT2D eigenvalue weighted by Gasteiger charge is -2.12. The molecule has 9 heteroatoms. The maximum absolute atomic E-state index is 12.4. The van der Waals surface area contributed by atoms with Crippen LogP contribution in [0.4, 0.5) is 0 Å². The second-order valence-electron chi connectivity index (χ2n) is 7.75. The van der Waals surface area contributed by atoms with Crippen LogP contribution in [0, 0.1) is 4.84 Å². The highest BCUT2D eigenvalue weighted by atomic mass is 32.1. The minimum absolute atomic E-state index is 0.161. The van der Waals surface area contributed by atoms with E-state index >= 15 is 0 Å². The van der Waals surface area contributed by atoms with Gasteiger partial charge in [0.25, 0.3) is 6.01 Å². The third-order valence-corrected chi connectivity index (χ3v) is 5.81. The highest BCUT2D eigenvalue weighted by Gasteiger charge is 2.20. The number of aromatic amines is 1. The molecule has 0 bridgehead atoms. The SMILES string of the molecule is CCOc1nc2cccc(C(=O)OC)c2n1Cc1ccc(-c2ccccc2-c2nc(=S)o[nH]2)cc1. The van der Waals surface area contributed by atoms with Crippen molar-refractivity contribution in [2.45, 2.75) is 13.5 Å². The number of para-hydroxylation sites is 1. The molecule has 0 saturated heterocycles. The summed E-state index contributed by atoms with van der Waals surface area (Å²) in [6, 6.07) is 21.9. The van der Waals surface area contributed by atoms with E-state index < -0.39 is 5.97 Å². The number of methoxy groups -OCH3 is 1. The molecule has 0 spiro atoms. The number of ether oxygens (including phenoxy) is 2. The molecule has 0 fully saturated rings. The van der Waals surface area contributed by atoms with Crippen LogP contribution >= 0.6 is 12.2 Å². The largest absolute Gasteiger partial charge is 0.465 e. The minimum atomic E-state index is -0.418. The van der Waals surface area contributed by atoms with Crippen molar-refractivity contribution in [3.05, 3.63) is 82.7 Å². The van der Waals surface area contributed by atoms with E-state index in [9.17, 15) is 4.79 Å². The van der Waals surface area contributed by atoms with Crippen LogP contribution < -0.4 is 4.74 Å². The van der Waals surface area contributed by atoms with E-state index in [4.69, 9.17) is 26.2 Å². The van der Waals surface area contributed by atoms with Gasteiger partial charge in [-0.25, -0.2) is 9.95 Å². The van der Waals surface area contributed by atoms with Gasteiger partial charge in [0.1, 0.15) is 0 Å². The Kier molecular flexibility index (Phi) is 6.15. The Balaban J connectivity index is 1.53. The Hall–Kier alpha value is -4.24. The number of hydrogen-bond donors (Lipinski definition) is 1. The fraction of sp³-hybridized carbons (Fsp3) is 0.154. The summed E-state index contributed by atoms with van der Waals surface area (Å²) in [5.41, 5.74) is 5.72. The third-order valence-electron chi connectivity index (χ3n) is 5.64. The number of esters is 1. The molecule has 0 aliphatic rings. The maximum atomic E-state index is 12.4. The normalized spacial score (nSPS) is 11.0. The van der Waals surface area contributed by atoms with Crippen molar-refractivity contribution in [2.24, 2.45) is 0 Å². The van der Waals surface area contributed by atoms with Gasteiger partial charge in [-0.05, 0) is 48.0 Å². The second kappa shape index (κ2) is 9.55. The molecule has 0 radical (unpaired) electrons. The van der Waals surface area contributed by atoms with E-state index in [0.29, 0.717) is 41.6 Å². The summed E-state index contributed by atoms with van der Waals surface area (Å²) in [6.45, 7) is 2.83. The first-order valence-corrected chi connectivity index (χ1v) is 11.4. The molecule has 35 heavy (non-hydrogen) atoms. The molecule has 5 rings (SSSR count). The number of hydrogen-bond acceptors (Lipinski definition) is 7. The zero-order valence-corrected chi connectivity index (χ0v) is 20.0. The lowest BCUT2D eigenvalue weighted by atomic mass is 9.98. The van der Waals surface area contributed by atoms with Crippen molar-refractivity contribution in [3.63, 3.8) is 0 Å². The molecule has 176 valence electrons. The molecule has 2 heterocycles. The highest BCUT2D eigenvalue weighted by Crippen LogP contribution is 2.31. The topological polar surface area (TPSA) is 95.2 Å². The van der Waals surface area contributed by atoms with Gasteiger partial charge in [0.05, 0.1) is 36.9 Å². The van der Waals surface area contributed by atoms with E-state index in [0.717, 1.165) is 22.3 Å². The predicted molar refractivity (Wildman–Crippen MR) is 134 cm³/mol. The summed E-state index contributed by atoms with van der Waals surface area (Å²) in [5, 5.41) is 2.78. The first kappa shape index (κ1) is 22.5. The molecule has 8 nitrogen and oxygen atoms in total. The van der Waals surface area contributed by atoms with Crippen molar-refractivity contribution in [3.8, 4) is 28.5 Å². The van der Waals surface area contributed by atoms with E-state index in [1.807, 2.05) is 66.1 Å². The zero-order valence-electron chi connectivity index (χ0n) is 19.1. The number of carbonyl (C=O) groups excluding carboxylic acids is 1. The van der Waals surface area contributed by atoms with Gasteiger partial charge in [-0.3, -0.25) is 4.57 Å². The number of nitrogens with zero attached hydrogens (tertiary/aromatic N) is 3. The first-order valence-electron chi connectivity index (χ1n) is 11.0. The van der Waals surface area contributed by atoms with Crippen LogP contribution in [0.2, 0.25) is 0 Å². The van der Waals surface area contributed by atoms with Crippen molar-refractivity contribution >= 4 is 29.2 Å². The molecule has 2 aromatic heterocycles. The van der Waals surface area contributed by atoms with Crippen molar-refractivity contribution in [1.82, 2.24) is 19.7 Å². The smallest absolute Gasteiger partial charge is 0.340 e. The lowest BCUT2D eigenvalue weighted by Crippen LogP contribution is -2.09. The molecule has 0 atom stereocenters. The van der Waals surface area contributed by atoms with Gasteiger partial charge in [-0.1, -0.05) is 54.6 Å². The monoisotopic (exact) mass is 486 g/mol. The number of imidazole rings is 1. The summed E-state index contributed by atoms with van der Waals surface area (Å²) in [7, 11) is 1.37. The summed E-state index contributed by atoms with van der Waals surface area (Å²) in [6.07, 6.45) is 0. The van der Waals surface area contributed by atoms with Crippen LogP contribution in [0.15, 0.2) is 71.3 Å². The van der Waals surface area contributed by atoms with E-state index in [1.165, 1.54) is 7.11 Å². The number of nitrogens with one attached hydrogen (secondary N) is 1. The number of aromatic nitrogens is 4. The molecule has 5 aromatic rings. The second-order valence-corrected chi connectivity index (χ2v) is 8.10. The van der Waals surface area contributed by atoms with Gasteiger partial charge in [0.15, 0.2) is 5.82 Å². The number of carbonyl (C=O) groups is 1. The quantitative estimate of drug-likeness (QED) is 0.235. The minimum Gasteiger partial charge on any atom is -0.465 e. The molecule has 1 N–H and O–H groups in total. The number of fused-ring (bicyclic) bond motifs is 1. The fourth-order valence-electron chi connectivity index (χ4n) is 4.08. The number of benzene rings is 3. The molecule has 3 aromatic carbocycles. The maximum Gasteiger partial charge on any atom is 0.340 e. The van der Waals surface area contributed by atoms with Gasteiger partial charge >= 0.3 is 10.8 Å². The van der Waals surface area contributed by atoms with Crippen LogP contribution in [0.5, 0.6) is 6.01 Å². The van der Waals surface area contributed by atoms with Crippen LogP contribution in [-0.4, -0.2) is 39.4 Å². The number of H-pyrrole nitrogens is 1. The predicted octanol–water partition coefficient (Wildman–Crippen LogP) is 5.65. The summed E-state index contributed by atoms with van der Waals surface area (Å²) < 4.78 is 17.8. The summed E-state index contributed by atoms with van der Waals surface area (Å²) >= 11 is 5.00. The molecule has 0 aliphatic heterocycles. The molecule has 0 aliphatic carbocycles. The Labute approximate surface area is 206 Å². The average Bonchev–Trinajstić information content (AvgIpc) is 3.47. The van der Waals surface area contributed by atoms with Crippen molar-refractivity contribution in [2.75, 3.05) is 13.7 Å². The third kappa shape index (κ3) is 4.33. The summed E-state index contributed by atoms with van der Waals surface area (Å²) in [4.78, 5) is 21.4. The van der Waals surface area contributed by atoms with Gasteiger partial charge < -0.3 is 14.0 Å². The Morgan fingerprint density at radius 2 is 1.80 bits per heavy atom. The van der Waals surface area contributed by atoms with Crippen LogP contribution in [0.1, 0.15) is 22.8 Å². The first-order chi connectivity index (χ1) is 17.1. The van der Waals surface area contributed by atoms with Gasteiger partial charge in [-0.2, -0.15) is 9.97 Å². The highest BCUT2D eigenvalue weighted by molar-refractivity contribution is 7.71. The Bertz CT molecular complexity index is 1570. The standard InChI is InChI=1S/C26H22N4O4S/c1-3-33-25-27-21-10-6-9-20(24(31)32-2)22(21)30(25)15-16-11-13-17(14-12-16)18-7-4-5-8-19(18)23-28-26(35)34-29-23/h4-14H,3,15H2,1-2H3,(H,28,29,35). The number of rotatable bonds is 7. The molecule has 0 unspecified atom stereocenters. The van der Waals surface area contributed by atoms with Crippen LogP contribution in [-0.2, 0) is 11.3 Å². The fourth-order valence-corrected chi connectivity index (χ4v) is 4.22. The molecule has 0 amide bonds.